The molecule has 8 aromatic carbocycles. The highest BCUT2D eigenvalue weighted by Gasteiger charge is 2.41. The molecule has 0 spiro atoms. The fourth-order valence-electron chi connectivity index (χ4n) is 10.2. The second kappa shape index (κ2) is 11.9. The molecule has 2 heteroatoms. The lowest BCUT2D eigenvalue weighted by atomic mass is 9.81. The molecule has 9 aromatic rings. The molecule has 0 atom stereocenters. The highest BCUT2D eigenvalue weighted by Crippen LogP contribution is 2.58. The lowest BCUT2D eigenvalue weighted by Gasteiger charge is -2.33. The largest absolute Gasteiger partial charge is 0.310 e. The van der Waals surface area contributed by atoms with Gasteiger partial charge in [0.05, 0.1) is 22.4 Å². The fraction of sp³-hybridized carbons (Fsp3) is 0.111. The summed E-state index contributed by atoms with van der Waals surface area (Å²) in [6, 6.07) is 67.4. The quantitative estimate of drug-likeness (QED) is 0.172. The first-order valence-corrected chi connectivity index (χ1v) is 19.8. The summed E-state index contributed by atoms with van der Waals surface area (Å²) in [5.74, 6) is 0. The summed E-state index contributed by atoms with van der Waals surface area (Å²) in [5, 5.41) is 2.53. The molecular weight excluding hydrogens is 677 g/mol. The molecule has 0 unspecified atom stereocenters. The molecule has 56 heavy (non-hydrogen) atoms. The minimum absolute atomic E-state index is 0.108. The van der Waals surface area contributed by atoms with Crippen molar-refractivity contribution in [3.63, 3.8) is 0 Å². The van der Waals surface area contributed by atoms with Crippen LogP contribution in [-0.2, 0) is 10.8 Å². The van der Waals surface area contributed by atoms with Crippen LogP contribution in [0.3, 0.4) is 0 Å². The Morgan fingerprint density at radius 2 is 0.982 bits per heavy atom. The van der Waals surface area contributed by atoms with E-state index in [-0.39, 0.29) is 10.8 Å². The zero-order chi connectivity index (χ0) is 37.8. The van der Waals surface area contributed by atoms with Crippen LogP contribution in [0.1, 0.15) is 49.9 Å². The van der Waals surface area contributed by atoms with Crippen LogP contribution in [0.25, 0.3) is 60.9 Å². The van der Waals surface area contributed by atoms with Crippen molar-refractivity contribution in [2.75, 3.05) is 4.90 Å². The number of benzene rings is 8. The summed E-state index contributed by atoms with van der Waals surface area (Å²) in [5.41, 5.74) is 20.1. The van der Waals surface area contributed by atoms with Crippen LogP contribution in [-0.4, -0.2) is 4.57 Å². The zero-order valence-corrected chi connectivity index (χ0v) is 32.2. The summed E-state index contributed by atoms with van der Waals surface area (Å²) in [6.45, 7) is 9.53. The van der Waals surface area contributed by atoms with Crippen molar-refractivity contribution in [1.29, 1.82) is 0 Å². The van der Waals surface area contributed by atoms with Crippen LogP contribution >= 0.6 is 0 Å². The standard InChI is InChI=1S/C54H42N2/c1-53(2)44-25-12-9-20-41(44)51-45(53)26-16-29-48(51)56(49-30-15-23-40-39-19-8-11-24-43(39)54(3,4)52(40)49)37-33-31-35(32-34-37)38-22-14-28-47-50(38)42-21-10-13-27-46(42)55(47)36-17-6-5-7-18-36/h5-34H,1-4H3. The van der Waals surface area contributed by atoms with Gasteiger partial charge in [0, 0.05) is 38.5 Å². The maximum Gasteiger partial charge on any atom is 0.0547 e. The Kier molecular flexibility index (Phi) is 6.98. The number of aromatic nitrogens is 1. The predicted molar refractivity (Wildman–Crippen MR) is 236 cm³/mol. The van der Waals surface area contributed by atoms with E-state index < -0.39 is 0 Å². The predicted octanol–water partition coefficient (Wildman–Crippen LogP) is 14.5. The highest BCUT2D eigenvalue weighted by atomic mass is 15.1. The molecule has 0 saturated carbocycles. The van der Waals surface area contributed by atoms with E-state index in [4.69, 9.17) is 0 Å². The third-order valence-electron chi connectivity index (χ3n) is 12.8. The fourth-order valence-corrected chi connectivity index (χ4v) is 10.2. The lowest BCUT2D eigenvalue weighted by molar-refractivity contribution is 0.659. The Morgan fingerprint density at radius 3 is 1.79 bits per heavy atom. The van der Waals surface area contributed by atoms with Gasteiger partial charge in [-0.05, 0) is 98.6 Å². The number of anilines is 3. The minimum Gasteiger partial charge on any atom is -0.310 e. The first kappa shape index (κ1) is 32.8. The average Bonchev–Trinajstić information content (AvgIpc) is 3.79. The Balaban J connectivity index is 1.14. The number of fused-ring (bicyclic) bond motifs is 9. The SMILES string of the molecule is CC1(C)c2ccccc2-c2c(N(c3ccc(-c4cccc5c4c4ccccc4n5-c4ccccc4)cc3)c3cccc4c3C(C)(C)c3ccccc3-4)cccc21. The Bertz CT molecular complexity index is 3020. The zero-order valence-electron chi connectivity index (χ0n) is 32.2. The number of hydrogen-bond acceptors (Lipinski definition) is 1. The number of para-hydroxylation sites is 2. The van der Waals surface area contributed by atoms with Crippen LogP contribution in [0, 0.1) is 0 Å². The van der Waals surface area contributed by atoms with E-state index in [1.54, 1.807) is 0 Å². The van der Waals surface area contributed by atoms with Gasteiger partial charge in [0.25, 0.3) is 0 Å². The van der Waals surface area contributed by atoms with E-state index in [0.717, 1.165) is 5.69 Å². The molecule has 0 aliphatic heterocycles. The van der Waals surface area contributed by atoms with E-state index in [1.807, 2.05) is 0 Å². The van der Waals surface area contributed by atoms with Crippen molar-refractivity contribution in [2.24, 2.45) is 0 Å². The molecule has 0 N–H and O–H groups in total. The van der Waals surface area contributed by atoms with Gasteiger partial charge >= 0.3 is 0 Å². The molecule has 1 heterocycles. The summed E-state index contributed by atoms with van der Waals surface area (Å²) in [4.78, 5) is 2.55. The monoisotopic (exact) mass is 718 g/mol. The molecule has 0 bridgehead atoms. The highest BCUT2D eigenvalue weighted by molar-refractivity contribution is 6.15. The van der Waals surface area contributed by atoms with Crippen molar-refractivity contribution in [3.8, 4) is 39.1 Å². The van der Waals surface area contributed by atoms with Crippen molar-refractivity contribution in [3.05, 3.63) is 204 Å². The molecule has 0 saturated heterocycles. The van der Waals surface area contributed by atoms with Crippen molar-refractivity contribution < 1.29 is 0 Å². The molecular formula is C54H42N2. The Morgan fingerprint density at radius 1 is 0.411 bits per heavy atom. The average molecular weight is 719 g/mol. The van der Waals surface area contributed by atoms with Crippen molar-refractivity contribution in [1.82, 2.24) is 4.57 Å². The third kappa shape index (κ3) is 4.50. The number of rotatable bonds is 5. The minimum atomic E-state index is -0.182. The number of hydrogen-bond donors (Lipinski definition) is 0. The summed E-state index contributed by atoms with van der Waals surface area (Å²) in [6.07, 6.45) is 0. The van der Waals surface area contributed by atoms with E-state index in [9.17, 15) is 0 Å². The maximum atomic E-state index is 2.55. The second-order valence-corrected chi connectivity index (χ2v) is 16.5. The van der Waals surface area contributed by atoms with E-state index in [1.165, 1.54) is 94.5 Å². The molecule has 2 aliphatic carbocycles. The van der Waals surface area contributed by atoms with Crippen molar-refractivity contribution in [2.45, 2.75) is 38.5 Å². The van der Waals surface area contributed by atoms with Gasteiger partial charge in [-0.3, -0.25) is 0 Å². The second-order valence-electron chi connectivity index (χ2n) is 16.5. The van der Waals surface area contributed by atoms with Gasteiger partial charge in [0.1, 0.15) is 0 Å². The van der Waals surface area contributed by atoms with Gasteiger partial charge in [-0.1, -0.05) is 161 Å². The molecule has 268 valence electrons. The maximum absolute atomic E-state index is 2.55. The van der Waals surface area contributed by atoms with Gasteiger partial charge < -0.3 is 9.47 Å². The van der Waals surface area contributed by atoms with E-state index in [2.05, 4.69) is 219 Å². The topological polar surface area (TPSA) is 8.17 Å². The van der Waals surface area contributed by atoms with Crippen LogP contribution in [0.5, 0.6) is 0 Å². The van der Waals surface area contributed by atoms with E-state index in [0.29, 0.717) is 0 Å². The van der Waals surface area contributed by atoms with E-state index >= 15 is 0 Å². The number of nitrogens with zero attached hydrogens (tertiary/aromatic N) is 2. The summed E-state index contributed by atoms with van der Waals surface area (Å²) in [7, 11) is 0. The normalized spacial score (nSPS) is 14.4. The molecule has 1 aromatic heterocycles. The summed E-state index contributed by atoms with van der Waals surface area (Å²) < 4.78 is 2.40. The van der Waals surface area contributed by atoms with Gasteiger partial charge in [-0.25, -0.2) is 0 Å². The first-order valence-electron chi connectivity index (χ1n) is 19.8. The molecule has 11 rings (SSSR count). The lowest BCUT2D eigenvalue weighted by Crippen LogP contribution is -2.21. The molecule has 0 amide bonds. The van der Waals surface area contributed by atoms with Crippen LogP contribution < -0.4 is 4.90 Å². The van der Waals surface area contributed by atoms with Crippen LogP contribution in [0.15, 0.2) is 182 Å². The summed E-state index contributed by atoms with van der Waals surface area (Å²) >= 11 is 0. The molecule has 0 radical (unpaired) electrons. The molecule has 2 aliphatic rings. The Hall–Kier alpha value is -6.64. The van der Waals surface area contributed by atoms with Crippen molar-refractivity contribution >= 4 is 38.9 Å². The smallest absolute Gasteiger partial charge is 0.0547 e. The van der Waals surface area contributed by atoms with Gasteiger partial charge in [-0.2, -0.15) is 0 Å². The van der Waals surface area contributed by atoms with Gasteiger partial charge in [0.15, 0.2) is 0 Å². The van der Waals surface area contributed by atoms with Crippen LogP contribution in [0.4, 0.5) is 17.1 Å². The molecule has 2 nitrogen and oxygen atoms in total. The Labute approximate surface area is 328 Å². The molecule has 0 fully saturated rings. The first-order chi connectivity index (χ1) is 27.3. The van der Waals surface area contributed by atoms with Gasteiger partial charge in [-0.15, -0.1) is 0 Å². The third-order valence-corrected chi connectivity index (χ3v) is 12.8. The van der Waals surface area contributed by atoms with Gasteiger partial charge in [0.2, 0.25) is 0 Å². The van der Waals surface area contributed by atoms with Crippen LogP contribution in [0.2, 0.25) is 0 Å².